The predicted octanol–water partition coefficient (Wildman–Crippen LogP) is 2.03. The van der Waals surface area contributed by atoms with Crippen LogP contribution < -0.4 is 5.73 Å². The third-order valence-electron chi connectivity index (χ3n) is 3.25. The van der Waals surface area contributed by atoms with Crippen LogP contribution in [0.15, 0.2) is 39.9 Å². The molecule has 6 heteroatoms. The van der Waals surface area contributed by atoms with Gasteiger partial charge in [-0.2, -0.15) is 0 Å². The van der Waals surface area contributed by atoms with Crippen LogP contribution >= 0.6 is 0 Å². The number of hydrogen-bond donors (Lipinski definition) is 2. The molecule has 0 saturated carbocycles. The highest BCUT2D eigenvalue weighted by Crippen LogP contribution is 2.20. The van der Waals surface area contributed by atoms with Crippen LogP contribution in [0.4, 0.5) is 0 Å². The van der Waals surface area contributed by atoms with Crippen LogP contribution in [-0.2, 0) is 0 Å². The Morgan fingerprint density at radius 3 is 2.85 bits per heavy atom. The number of nitrogens with zero attached hydrogens (tertiary/aromatic N) is 2. The van der Waals surface area contributed by atoms with E-state index in [0.29, 0.717) is 12.0 Å². The van der Waals surface area contributed by atoms with E-state index in [9.17, 15) is 4.79 Å². The number of nitrogens with two attached hydrogens (primary N) is 1. The number of rotatable bonds is 4. The van der Waals surface area contributed by atoms with Gasteiger partial charge in [-0.25, -0.2) is 0 Å². The first-order valence-electron chi connectivity index (χ1n) is 6.25. The minimum atomic E-state index is -0.237. The Labute approximate surface area is 116 Å². The summed E-state index contributed by atoms with van der Waals surface area (Å²) in [5, 5.41) is 12.4. The van der Waals surface area contributed by atoms with Gasteiger partial charge in [-0.05, 0) is 19.1 Å². The molecule has 106 valence electrons. The first-order valence-corrected chi connectivity index (χ1v) is 6.25. The first kappa shape index (κ1) is 13.9. The summed E-state index contributed by atoms with van der Waals surface area (Å²) in [7, 11) is 1.66. The highest BCUT2D eigenvalue weighted by molar-refractivity contribution is 5.96. The second-order valence-electron chi connectivity index (χ2n) is 4.71. The second kappa shape index (κ2) is 5.64. The van der Waals surface area contributed by atoms with Crippen LogP contribution in [-0.4, -0.2) is 34.9 Å². The van der Waals surface area contributed by atoms with Gasteiger partial charge >= 0.3 is 0 Å². The van der Waals surface area contributed by atoms with Gasteiger partial charge in [-0.1, -0.05) is 23.4 Å². The zero-order chi connectivity index (χ0) is 14.7. The summed E-state index contributed by atoms with van der Waals surface area (Å²) in [5.74, 6) is 0.126. The molecule has 0 saturated heterocycles. The van der Waals surface area contributed by atoms with E-state index in [4.69, 9.17) is 15.4 Å². The number of carbonyl (C=O) groups excluding carboxylic acids is 1. The van der Waals surface area contributed by atoms with Gasteiger partial charge < -0.3 is 20.3 Å². The van der Waals surface area contributed by atoms with Crippen molar-refractivity contribution in [1.82, 2.24) is 4.90 Å². The Kier molecular flexibility index (Phi) is 3.93. The van der Waals surface area contributed by atoms with Crippen molar-refractivity contribution in [2.24, 2.45) is 10.9 Å². The molecule has 3 N–H and O–H groups in total. The van der Waals surface area contributed by atoms with E-state index in [1.165, 1.54) is 4.90 Å². The highest BCUT2D eigenvalue weighted by atomic mass is 16.4. The number of fused-ring (bicyclic) bond motifs is 1. The normalized spacial score (nSPS) is 13.4. The van der Waals surface area contributed by atoms with Crippen LogP contribution in [0.25, 0.3) is 11.0 Å². The number of oxime groups is 1. The monoisotopic (exact) mass is 275 g/mol. The van der Waals surface area contributed by atoms with Crippen molar-refractivity contribution in [2.75, 3.05) is 7.05 Å². The number of carbonyl (C=O) groups is 1. The van der Waals surface area contributed by atoms with Crippen molar-refractivity contribution in [3.05, 3.63) is 36.1 Å². The summed E-state index contributed by atoms with van der Waals surface area (Å²) in [4.78, 5) is 13.8. The Hall–Kier alpha value is -2.50. The van der Waals surface area contributed by atoms with E-state index in [2.05, 4.69) is 5.16 Å². The molecule has 0 aliphatic carbocycles. The molecule has 0 aliphatic heterocycles. The maximum atomic E-state index is 12.3. The molecule has 2 rings (SSSR count). The van der Waals surface area contributed by atoms with Crippen LogP contribution in [0, 0.1) is 0 Å². The first-order chi connectivity index (χ1) is 9.52. The maximum Gasteiger partial charge on any atom is 0.289 e. The van der Waals surface area contributed by atoms with E-state index in [1.54, 1.807) is 13.1 Å². The number of amidine groups is 1. The molecule has 1 unspecified atom stereocenters. The number of para-hydroxylation sites is 1. The van der Waals surface area contributed by atoms with Gasteiger partial charge in [0, 0.05) is 24.9 Å². The van der Waals surface area contributed by atoms with Crippen molar-refractivity contribution in [1.29, 1.82) is 0 Å². The topological polar surface area (TPSA) is 92.1 Å². The van der Waals surface area contributed by atoms with Crippen molar-refractivity contribution in [3.63, 3.8) is 0 Å². The summed E-state index contributed by atoms with van der Waals surface area (Å²) in [6, 6.07) is 8.94. The Morgan fingerprint density at radius 1 is 1.50 bits per heavy atom. The fourth-order valence-electron chi connectivity index (χ4n) is 1.94. The smallest absolute Gasteiger partial charge is 0.289 e. The molecular weight excluding hydrogens is 258 g/mol. The van der Waals surface area contributed by atoms with Gasteiger partial charge in [0.2, 0.25) is 0 Å². The Bertz CT molecular complexity index is 615. The van der Waals surface area contributed by atoms with E-state index >= 15 is 0 Å². The molecule has 1 aromatic heterocycles. The van der Waals surface area contributed by atoms with Gasteiger partial charge in [-0.15, -0.1) is 0 Å². The lowest BCUT2D eigenvalue weighted by atomic mass is 10.2. The fourth-order valence-corrected chi connectivity index (χ4v) is 1.94. The molecule has 6 nitrogen and oxygen atoms in total. The molecule has 2 aromatic rings. The average molecular weight is 275 g/mol. The molecule has 1 amide bonds. The van der Waals surface area contributed by atoms with Gasteiger partial charge in [-0.3, -0.25) is 4.79 Å². The standard InChI is InChI=1S/C14H17N3O3/c1-9(7-13(15)16-19)17(2)14(18)12-8-10-5-3-4-6-11(10)20-12/h3-6,8-9,19H,7H2,1-2H3,(H2,15,16). The highest BCUT2D eigenvalue weighted by Gasteiger charge is 2.21. The van der Waals surface area contributed by atoms with Crippen LogP contribution in [0.3, 0.4) is 0 Å². The largest absolute Gasteiger partial charge is 0.451 e. The minimum Gasteiger partial charge on any atom is -0.451 e. The van der Waals surface area contributed by atoms with E-state index in [0.717, 1.165) is 5.39 Å². The van der Waals surface area contributed by atoms with Gasteiger partial charge in [0.15, 0.2) is 5.76 Å². The zero-order valence-electron chi connectivity index (χ0n) is 11.4. The number of amides is 1. The van der Waals surface area contributed by atoms with Gasteiger partial charge in [0.05, 0.1) is 0 Å². The summed E-state index contributed by atoms with van der Waals surface area (Å²) in [6.45, 7) is 1.82. The van der Waals surface area contributed by atoms with Gasteiger partial charge in [0.25, 0.3) is 5.91 Å². The number of furan rings is 1. The van der Waals surface area contributed by atoms with Crippen LogP contribution in [0.1, 0.15) is 23.9 Å². The van der Waals surface area contributed by atoms with Crippen molar-refractivity contribution >= 4 is 22.7 Å². The second-order valence-corrected chi connectivity index (χ2v) is 4.71. The third kappa shape index (κ3) is 2.74. The van der Waals surface area contributed by atoms with E-state index in [1.807, 2.05) is 31.2 Å². The Balaban J connectivity index is 2.17. The van der Waals surface area contributed by atoms with Crippen molar-refractivity contribution < 1.29 is 14.4 Å². The quantitative estimate of drug-likeness (QED) is 0.386. The van der Waals surface area contributed by atoms with Gasteiger partial charge in [0.1, 0.15) is 11.4 Å². The third-order valence-corrected chi connectivity index (χ3v) is 3.25. The summed E-state index contributed by atoms with van der Waals surface area (Å²) in [5.41, 5.74) is 6.12. The molecule has 0 radical (unpaired) electrons. The molecular formula is C14H17N3O3. The minimum absolute atomic E-state index is 0.0850. The molecule has 0 aliphatic rings. The molecule has 1 atom stereocenters. The lowest BCUT2D eigenvalue weighted by Gasteiger charge is -2.23. The fraction of sp³-hybridized carbons (Fsp3) is 0.286. The molecule has 1 heterocycles. The predicted molar refractivity (Wildman–Crippen MR) is 75.8 cm³/mol. The molecule has 1 aromatic carbocycles. The zero-order valence-corrected chi connectivity index (χ0v) is 11.4. The summed E-state index contributed by atoms with van der Waals surface area (Å²) >= 11 is 0. The molecule has 0 bridgehead atoms. The number of hydrogen-bond acceptors (Lipinski definition) is 4. The lowest BCUT2D eigenvalue weighted by molar-refractivity contribution is 0.0717. The SMILES string of the molecule is CC(CC(N)=NO)N(C)C(=O)c1cc2ccccc2o1. The summed E-state index contributed by atoms with van der Waals surface area (Å²) < 4.78 is 5.53. The molecule has 20 heavy (non-hydrogen) atoms. The maximum absolute atomic E-state index is 12.3. The van der Waals surface area contributed by atoms with Crippen molar-refractivity contribution in [2.45, 2.75) is 19.4 Å². The molecule has 0 spiro atoms. The van der Waals surface area contributed by atoms with Crippen LogP contribution in [0.5, 0.6) is 0 Å². The average Bonchev–Trinajstić information content (AvgIpc) is 2.89. The summed E-state index contributed by atoms with van der Waals surface area (Å²) in [6.07, 6.45) is 0.291. The lowest BCUT2D eigenvalue weighted by Crippen LogP contribution is -2.37. The Morgan fingerprint density at radius 2 is 2.20 bits per heavy atom. The van der Waals surface area contributed by atoms with Crippen molar-refractivity contribution in [3.8, 4) is 0 Å². The van der Waals surface area contributed by atoms with E-state index < -0.39 is 0 Å². The molecule has 0 fully saturated rings. The van der Waals surface area contributed by atoms with E-state index in [-0.39, 0.29) is 23.5 Å². The van der Waals surface area contributed by atoms with Crippen LogP contribution in [0.2, 0.25) is 0 Å². The number of benzene rings is 1.